The summed E-state index contributed by atoms with van der Waals surface area (Å²) in [6.07, 6.45) is 0. The van der Waals surface area contributed by atoms with Gasteiger partial charge in [0, 0.05) is 10.6 Å². The van der Waals surface area contributed by atoms with Gasteiger partial charge in [0.05, 0.1) is 6.61 Å². The lowest BCUT2D eigenvalue weighted by Gasteiger charge is -2.06. The molecule has 0 aromatic heterocycles. The quantitative estimate of drug-likeness (QED) is 0.487. The molecule has 1 aromatic carbocycles. The summed E-state index contributed by atoms with van der Waals surface area (Å²) in [6.45, 7) is 5.23. The number of esters is 1. The molecular formula is C16H15ClO4. The molecule has 110 valence electrons. The van der Waals surface area contributed by atoms with Crippen LogP contribution < -0.4 is 0 Å². The molecule has 0 atom stereocenters. The summed E-state index contributed by atoms with van der Waals surface area (Å²) in [5.41, 5.74) is 1.41. The average molecular weight is 307 g/mol. The lowest BCUT2D eigenvalue weighted by molar-refractivity contribution is -0.139. The van der Waals surface area contributed by atoms with Crippen LogP contribution >= 0.6 is 11.6 Å². The predicted molar refractivity (Wildman–Crippen MR) is 79.5 cm³/mol. The van der Waals surface area contributed by atoms with Crippen molar-refractivity contribution in [2.45, 2.75) is 20.8 Å². The minimum absolute atomic E-state index is 0.0415. The van der Waals surface area contributed by atoms with Crippen molar-refractivity contribution in [2.24, 2.45) is 0 Å². The maximum atomic E-state index is 12.3. The number of ether oxygens (including phenoxy) is 2. The molecule has 0 amide bonds. The number of hydrogen-bond donors (Lipinski definition) is 0. The van der Waals surface area contributed by atoms with Gasteiger partial charge in [-0.2, -0.15) is 0 Å². The fourth-order valence-electron chi connectivity index (χ4n) is 2.04. The van der Waals surface area contributed by atoms with Crippen LogP contribution in [0.1, 0.15) is 26.3 Å². The number of rotatable bonds is 3. The summed E-state index contributed by atoms with van der Waals surface area (Å²) in [4.78, 5) is 24.1. The van der Waals surface area contributed by atoms with Crippen LogP contribution in [0.15, 0.2) is 41.4 Å². The topological polar surface area (TPSA) is 52.6 Å². The number of halogens is 1. The van der Waals surface area contributed by atoms with Crippen LogP contribution in [0.4, 0.5) is 0 Å². The van der Waals surface area contributed by atoms with E-state index >= 15 is 0 Å². The molecular weight excluding hydrogens is 292 g/mol. The van der Waals surface area contributed by atoms with Crippen LogP contribution in [0.3, 0.4) is 0 Å². The van der Waals surface area contributed by atoms with Gasteiger partial charge in [0.1, 0.15) is 11.3 Å². The Morgan fingerprint density at radius 3 is 2.48 bits per heavy atom. The van der Waals surface area contributed by atoms with Crippen molar-refractivity contribution in [3.63, 3.8) is 0 Å². The maximum Gasteiger partial charge on any atom is 0.345 e. The normalized spacial score (nSPS) is 16.9. The zero-order valence-corrected chi connectivity index (χ0v) is 12.8. The largest absolute Gasteiger partial charge is 0.462 e. The Bertz CT molecular complexity index is 653. The van der Waals surface area contributed by atoms with Gasteiger partial charge in [0.15, 0.2) is 5.76 Å². The number of benzene rings is 1. The van der Waals surface area contributed by atoms with Gasteiger partial charge in [-0.05, 0) is 38.5 Å². The molecule has 2 rings (SSSR count). The number of ketones is 1. The van der Waals surface area contributed by atoms with Gasteiger partial charge in [0.2, 0.25) is 5.78 Å². The number of Topliss-reactive ketones (excluding diaryl/α,β-unsaturated/α-hetero) is 1. The summed E-state index contributed by atoms with van der Waals surface area (Å²) in [6, 6.07) is 7.04. The van der Waals surface area contributed by atoms with Crippen molar-refractivity contribution in [3.05, 3.63) is 51.9 Å². The van der Waals surface area contributed by atoms with Crippen molar-refractivity contribution in [2.75, 3.05) is 6.61 Å². The molecule has 21 heavy (non-hydrogen) atoms. The first kappa shape index (κ1) is 15.3. The molecule has 0 bridgehead atoms. The van der Waals surface area contributed by atoms with Crippen LogP contribution in [-0.4, -0.2) is 18.4 Å². The minimum Gasteiger partial charge on any atom is -0.462 e. The van der Waals surface area contributed by atoms with E-state index in [1.54, 1.807) is 45.0 Å². The third kappa shape index (κ3) is 3.00. The molecule has 0 fully saturated rings. The van der Waals surface area contributed by atoms with E-state index in [2.05, 4.69) is 0 Å². The van der Waals surface area contributed by atoms with Gasteiger partial charge in [-0.25, -0.2) is 4.79 Å². The molecule has 0 N–H and O–H groups in total. The van der Waals surface area contributed by atoms with E-state index in [1.807, 2.05) is 0 Å². The summed E-state index contributed by atoms with van der Waals surface area (Å²) < 4.78 is 10.4. The van der Waals surface area contributed by atoms with Crippen LogP contribution in [-0.2, 0) is 19.1 Å². The van der Waals surface area contributed by atoms with Gasteiger partial charge in [-0.1, -0.05) is 23.7 Å². The highest BCUT2D eigenvalue weighted by Crippen LogP contribution is 2.31. The highest BCUT2D eigenvalue weighted by atomic mass is 35.5. The van der Waals surface area contributed by atoms with Crippen molar-refractivity contribution in [1.82, 2.24) is 0 Å². The van der Waals surface area contributed by atoms with E-state index in [9.17, 15) is 9.59 Å². The molecule has 1 aromatic rings. The van der Waals surface area contributed by atoms with E-state index in [1.165, 1.54) is 0 Å². The lowest BCUT2D eigenvalue weighted by atomic mass is 10.0. The third-order valence-electron chi connectivity index (χ3n) is 3.14. The molecule has 4 nitrogen and oxygen atoms in total. The first-order valence-electron chi connectivity index (χ1n) is 6.53. The molecule has 0 spiro atoms. The third-order valence-corrected chi connectivity index (χ3v) is 3.39. The Morgan fingerprint density at radius 1 is 1.29 bits per heavy atom. The minimum atomic E-state index is -0.654. The van der Waals surface area contributed by atoms with Gasteiger partial charge in [0.25, 0.3) is 0 Å². The van der Waals surface area contributed by atoms with Crippen molar-refractivity contribution in [3.8, 4) is 0 Å². The smallest absolute Gasteiger partial charge is 0.345 e. The molecule has 0 saturated carbocycles. The average Bonchev–Trinajstić information content (AvgIpc) is 2.74. The second-order valence-corrected chi connectivity index (χ2v) is 4.98. The highest BCUT2D eigenvalue weighted by molar-refractivity contribution is 6.30. The van der Waals surface area contributed by atoms with E-state index in [0.29, 0.717) is 10.6 Å². The Hall–Kier alpha value is -2.07. The molecule has 1 aliphatic heterocycles. The second kappa shape index (κ2) is 6.14. The van der Waals surface area contributed by atoms with E-state index in [-0.39, 0.29) is 23.7 Å². The number of hydrogen-bond acceptors (Lipinski definition) is 4. The van der Waals surface area contributed by atoms with E-state index in [0.717, 1.165) is 5.56 Å². The molecule has 0 radical (unpaired) electrons. The Labute approximate surface area is 128 Å². The monoisotopic (exact) mass is 306 g/mol. The number of allylic oxidation sites excluding steroid dienone is 3. The van der Waals surface area contributed by atoms with Gasteiger partial charge >= 0.3 is 5.97 Å². The van der Waals surface area contributed by atoms with Crippen LogP contribution in [0, 0.1) is 0 Å². The second-order valence-electron chi connectivity index (χ2n) is 4.54. The summed E-state index contributed by atoms with van der Waals surface area (Å²) in [7, 11) is 0. The van der Waals surface area contributed by atoms with Crippen molar-refractivity contribution in [1.29, 1.82) is 0 Å². The van der Waals surface area contributed by atoms with Gasteiger partial charge in [-0.15, -0.1) is 0 Å². The molecule has 1 heterocycles. The Morgan fingerprint density at radius 2 is 1.90 bits per heavy atom. The van der Waals surface area contributed by atoms with Crippen LogP contribution in [0.25, 0.3) is 5.57 Å². The number of carbonyl (C=O) groups excluding carboxylic acids is 2. The Balaban J connectivity index is 2.36. The summed E-state index contributed by atoms with van der Waals surface area (Å²) in [5.74, 6) is -0.683. The molecule has 5 heteroatoms. The zero-order chi connectivity index (χ0) is 15.6. The van der Waals surface area contributed by atoms with Crippen LogP contribution in [0.5, 0.6) is 0 Å². The molecule has 0 unspecified atom stereocenters. The standard InChI is InChI=1S/C16H15ClO4/c1-4-20-16(19)13-10(3)21-15(14(13)18)9(2)11-5-7-12(17)8-6-11/h5-8H,4H2,1-3H3/b15-9+. The fourth-order valence-corrected chi connectivity index (χ4v) is 2.17. The summed E-state index contributed by atoms with van der Waals surface area (Å²) in [5, 5.41) is 0.608. The van der Waals surface area contributed by atoms with E-state index in [4.69, 9.17) is 21.1 Å². The van der Waals surface area contributed by atoms with Crippen molar-refractivity contribution >= 4 is 28.9 Å². The van der Waals surface area contributed by atoms with Crippen molar-refractivity contribution < 1.29 is 19.1 Å². The van der Waals surface area contributed by atoms with Gasteiger partial charge in [-0.3, -0.25) is 4.79 Å². The predicted octanol–water partition coefficient (Wildman–Crippen LogP) is 3.51. The summed E-state index contributed by atoms with van der Waals surface area (Å²) >= 11 is 5.84. The maximum absolute atomic E-state index is 12.3. The molecule has 1 aliphatic rings. The van der Waals surface area contributed by atoms with Gasteiger partial charge < -0.3 is 9.47 Å². The fraction of sp³-hybridized carbons (Fsp3) is 0.250. The first-order chi connectivity index (χ1) is 9.95. The number of carbonyl (C=O) groups is 2. The molecule has 0 aliphatic carbocycles. The zero-order valence-electron chi connectivity index (χ0n) is 12.0. The SMILES string of the molecule is CCOC(=O)C1=C(C)O/C(=C(\C)c2ccc(Cl)cc2)C1=O. The lowest BCUT2D eigenvalue weighted by Crippen LogP contribution is -2.14. The Kier molecular flexibility index (Phi) is 4.48. The molecule has 0 saturated heterocycles. The van der Waals surface area contributed by atoms with E-state index < -0.39 is 11.8 Å². The first-order valence-corrected chi connectivity index (χ1v) is 6.90. The van der Waals surface area contributed by atoms with Crippen LogP contribution in [0.2, 0.25) is 5.02 Å². The highest BCUT2D eigenvalue weighted by Gasteiger charge is 2.35.